The molecule has 1 aromatic heterocycles. The number of carbonyl (C=O) groups is 1. The molecule has 0 aliphatic heterocycles. The molecule has 9 heteroatoms. The van der Waals surface area contributed by atoms with Crippen molar-refractivity contribution in [2.75, 3.05) is 19.5 Å². The molecule has 1 aliphatic rings. The Morgan fingerprint density at radius 3 is 2.58 bits per heavy atom. The summed E-state index contributed by atoms with van der Waals surface area (Å²) in [7, 11) is 3.08. The predicted molar refractivity (Wildman–Crippen MR) is 127 cm³/mol. The molecule has 0 bridgehead atoms. The van der Waals surface area contributed by atoms with Gasteiger partial charge in [0, 0.05) is 28.5 Å². The molecule has 0 unspecified atom stereocenters. The number of rotatable bonds is 6. The van der Waals surface area contributed by atoms with Gasteiger partial charge in [0.05, 0.1) is 35.6 Å². The Morgan fingerprint density at radius 1 is 1.24 bits per heavy atom. The Bertz CT molecular complexity index is 1210. The molecule has 33 heavy (non-hydrogen) atoms. The van der Waals surface area contributed by atoms with Crippen molar-refractivity contribution in [3.8, 4) is 22.8 Å². The van der Waals surface area contributed by atoms with Crippen LogP contribution in [0.2, 0.25) is 10.0 Å². The van der Waals surface area contributed by atoms with Crippen molar-refractivity contribution in [1.82, 2.24) is 10.2 Å². The van der Waals surface area contributed by atoms with Crippen LogP contribution in [0.3, 0.4) is 0 Å². The number of fused-ring (bicyclic) bond motifs is 1. The van der Waals surface area contributed by atoms with E-state index in [0.29, 0.717) is 51.3 Å². The van der Waals surface area contributed by atoms with Crippen molar-refractivity contribution in [2.24, 2.45) is 0 Å². The van der Waals surface area contributed by atoms with Gasteiger partial charge >= 0.3 is 0 Å². The van der Waals surface area contributed by atoms with Gasteiger partial charge in [0.15, 0.2) is 0 Å². The van der Waals surface area contributed by atoms with Crippen LogP contribution in [0.25, 0.3) is 11.3 Å². The number of hydrogen-bond acceptors (Lipinski definition) is 4. The summed E-state index contributed by atoms with van der Waals surface area (Å²) in [5.41, 5.74) is 4.19. The van der Waals surface area contributed by atoms with Gasteiger partial charge in [-0.2, -0.15) is 5.10 Å². The van der Waals surface area contributed by atoms with Gasteiger partial charge in [-0.15, -0.1) is 0 Å². The summed E-state index contributed by atoms with van der Waals surface area (Å²) < 4.78 is 24.9. The molecule has 1 amide bonds. The number of aromatic nitrogens is 2. The molecule has 0 fully saturated rings. The van der Waals surface area contributed by atoms with Crippen LogP contribution in [0.4, 0.5) is 10.1 Å². The lowest BCUT2D eigenvalue weighted by molar-refractivity contribution is -0.111. The lowest BCUT2D eigenvalue weighted by atomic mass is 9.81. The maximum atomic E-state index is 14.1. The number of benzene rings is 2. The van der Waals surface area contributed by atoms with E-state index < -0.39 is 5.82 Å². The monoisotopic (exact) mass is 489 g/mol. The predicted octanol–water partition coefficient (Wildman–Crippen LogP) is 5.94. The number of carbonyl (C=O) groups excluding carboxylic acids is 1. The van der Waals surface area contributed by atoms with Crippen LogP contribution in [0, 0.1) is 5.82 Å². The SMILES string of the molecule is C=CC(=O)Nc1ccc(F)cc1-c1n[nH]c2c1CC[C@H](c1c(Cl)c(OC)cc(OC)c1Cl)C2. The van der Waals surface area contributed by atoms with Gasteiger partial charge in [-0.25, -0.2) is 4.39 Å². The van der Waals surface area contributed by atoms with Gasteiger partial charge in [0.1, 0.15) is 17.3 Å². The van der Waals surface area contributed by atoms with Crippen molar-refractivity contribution in [1.29, 1.82) is 0 Å². The number of methoxy groups -OCH3 is 2. The Balaban J connectivity index is 1.72. The minimum atomic E-state index is -0.422. The Morgan fingerprint density at radius 2 is 1.94 bits per heavy atom. The third-order valence-electron chi connectivity index (χ3n) is 5.84. The second-order valence-electron chi connectivity index (χ2n) is 7.68. The second kappa shape index (κ2) is 9.45. The van der Waals surface area contributed by atoms with Crippen LogP contribution in [0.1, 0.15) is 29.2 Å². The first-order valence-corrected chi connectivity index (χ1v) is 11.0. The van der Waals surface area contributed by atoms with Gasteiger partial charge < -0.3 is 14.8 Å². The normalized spacial score (nSPS) is 15.0. The first-order chi connectivity index (χ1) is 15.9. The van der Waals surface area contributed by atoms with Gasteiger partial charge in [-0.05, 0) is 49.5 Å². The van der Waals surface area contributed by atoms with E-state index in [9.17, 15) is 9.18 Å². The number of halogens is 3. The summed E-state index contributed by atoms with van der Waals surface area (Å²) in [6.45, 7) is 3.47. The summed E-state index contributed by atoms with van der Waals surface area (Å²) in [5.74, 6) is 0.178. The van der Waals surface area contributed by atoms with Gasteiger partial charge in [-0.1, -0.05) is 29.8 Å². The van der Waals surface area contributed by atoms with E-state index in [1.807, 2.05) is 0 Å². The Kier molecular flexibility index (Phi) is 6.63. The van der Waals surface area contributed by atoms with E-state index in [4.69, 9.17) is 32.7 Å². The molecule has 6 nitrogen and oxygen atoms in total. The molecule has 172 valence electrons. The highest BCUT2D eigenvalue weighted by molar-refractivity contribution is 6.38. The molecule has 1 heterocycles. The lowest BCUT2D eigenvalue weighted by Gasteiger charge is -2.26. The van der Waals surface area contributed by atoms with E-state index >= 15 is 0 Å². The molecule has 0 radical (unpaired) electrons. The number of nitrogens with zero attached hydrogens (tertiary/aromatic N) is 1. The Labute approximate surface area is 200 Å². The highest BCUT2D eigenvalue weighted by Crippen LogP contribution is 2.48. The quantitative estimate of drug-likeness (QED) is 0.420. The van der Waals surface area contributed by atoms with Crippen LogP contribution in [0.5, 0.6) is 11.5 Å². The van der Waals surface area contributed by atoms with Crippen LogP contribution in [0.15, 0.2) is 36.9 Å². The van der Waals surface area contributed by atoms with Crippen molar-refractivity contribution >= 4 is 34.8 Å². The molecule has 3 aromatic rings. The van der Waals surface area contributed by atoms with E-state index in [-0.39, 0.29) is 11.8 Å². The average molecular weight is 490 g/mol. The molecule has 2 aromatic carbocycles. The Hall–Kier alpha value is -3.03. The van der Waals surface area contributed by atoms with Crippen LogP contribution >= 0.6 is 23.2 Å². The van der Waals surface area contributed by atoms with Gasteiger partial charge in [0.2, 0.25) is 5.91 Å². The number of ether oxygens (including phenoxy) is 2. The van der Waals surface area contributed by atoms with Crippen molar-refractivity contribution < 1.29 is 18.7 Å². The second-order valence-corrected chi connectivity index (χ2v) is 8.43. The first kappa shape index (κ1) is 23.1. The van der Waals surface area contributed by atoms with Crippen LogP contribution < -0.4 is 14.8 Å². The number of nitrogens with one attached hydrogen (secondary N) is 2. The zero-order valence-electron chi connectivity index (χ0n) is 18.1. The lowest BCUT2D eigenvalue weighted by Crippen LogP contribution is -2.14. The van der Waals surface area contributed by atoms with Gasteiger partial charge in [-0.3, -0.25) is 9.89 Å². The van der Waals surface area contributed by atoms with Gasteiger partial charge in [0.25, 0.3) is 0 Å². The summed E-state index contributed by atoms with van der Waals surface area (Å²) in [5, 5.41) is 11.2. The molecule has 2 N–H and O–H groups in total. The molecule has 0 saturated heterocycles. The summed E-state index contributed by atoms with van der Waals surface area (Å²) in [6.07, 6.45) is 3.15. The van der Waals surface area contributed by atoms with E-state index in [0.717, 1.165) is 29.3 Å². The minimum Gasteiger partial charge on any atom is -0.495 e. The average Bonchev–Trinajstić information content (AvgIpc) is 3.23. The fourth-order valence-corrected chi connectivity index (χ4v) is 5.05. The van der Waals surface area contributed by atoms with E-state index in [1.54, 1.807) is 20.3 Å². The number of H-pyrrole nitrogens is 1. The largest absolute Gasteiger partial charge is 0.495 e. The van der Waals surface area contributed by atoms with Crippen LogP contribution in [-0.4, -0.2) is 30.3 Å². The van der Waals surface area contributed by atoms with Crippen molar-refractivity contribution in [3.63, 3.8) is 0 Å². The standard InChI is InChI=1S/C24H22Cl2FN3O3/c1-4-20(31)28-16-8-6-13(27)10-15(16)24-14-7-5-12(9-17(14)29-30-24)21-22(25)18(32-2)11-19(33-3)23(21)26/h4,6,8,10-12H,1,5,7,9H2,2-3H3,(H,28,31)(H,29,30)/t12-/m0/s1. The zero-order valence-corrected chi connectivity index (χ0v) is 19.6. The first-order valence-electron chi connectivity index (χ1n) is 10.3. The fourth-order valence-electron chi connectivity index (χ4n) is 4.24. The number of anilines is 1. The van der Waals surface area contributed by atoms with E-state index in [1.165, 1.54) is 18.2 Å². The number of hydrogen-bond donors (Lipinski definition) is 2. The third kappa shape index (κ3) is 4.30. The maximum Gasteiger partial charge on any atom is 0.247 e. The topological polar surface area (TPSA) is 76.2 Å². The smallest absolute Gasteiger partial charge is 0.247 e. The molecule has 1 atom stereocenters. The van der Waals surface area contributed by atoms with Crippen LogP contribution in [-0.2, 0) is 17.6 Å². The summed E-state index contributed by atoms with van der Waals surface area (Å²) in [6, 6.07) is 5.83. The molecule has 4 rings (SSSR count). The third-order valence-corrected chi connectivity index (χ3v) is 6.62. The number of amides is 1. The zero-order chi connectivity index (χ0) is 23.7. The molecular formula is C24H22Cl2FN3O3. The summed E-state index contributed by atoms with van der Waals surface area (Å²) in [4.78, 5) is 11.8. The molecule has 1 aliphatic carbocycles. The van der Waals surface area contributed by atoms with E-state index in [2.05, 4.69) is 22.1 Å². The highest BCUT2D eigenvalue weighted by atomic mass is 35.5. The highest BCUT2D eigenvalue weighted by Gasteiger charge is 2.31. The maximum absolute atomic E-state index is 14.1. The molecule has 0 spiro atoms. The van der Waals surface area contributed by atoms with Crippen molar-refractivity contribution in [3.05, 3.63) is 69.6 Å². The minimum absolute atomic E-state index is 0.00208. The molecular weight excluding hydrogens is 468 g/mol. The summed E-state index contributed by atoms with van der Waals surface area (Å²) >= 11 is 13.2. The number of aromatic amines is 1. The van der Waals surface area contributed by atoms with Crippen molar-refractivity contribution in [2.45, 2.75) is 25.2 Å². The molecule has 0 saturated carbocycles. The fraction of sp³-hybridized carbons (Fsp3) is 0.250.